The van der Waals surface area contributed by atoms with Gasteiger partial charge in [0.15, 0.2) is 0 Å². The number of nitrogens with two attached hydrogens (primary N) is 1. The van der Waals surface area contributed by atoms with E-state index in [0.717, 1.165) is 29.3 Å². The van der Waals surface area contributed by atoms with E-state index >= 15 is 0 Å². The van der Waals surface area contributed by atoms with E-state index in [9.17, 15) is 4.39 Å². The minimum absolute atomic E-state index is 0.153. The number of benzene rings is 1. The maximum absolute atomic E-state index is 13.4. The first-order valence-corrected chi connectivity index (χ1v) is 7.56. The van der Waals surface area contributed by atoms with Crippen LogP contribution in [0.1, 0.15) is 44.6 Å². The van der Waals surface area contributed by atoms with E-state index in [1.165, 1.54) is 25.3 Å². The molecule has 2 N–H and O–H groups in total. The van der Waals surface area contributed by atoms with Crippen LogP contribution in [0.25, 0.3) is 0 Å². The van der Waals surface area contributed by atoms with Crippen molar-refractivity contribution in [1.29, 1.82) is 0 Å². The third-order valence-electron chi connectivity index (χ3n) is 4.21. The lowest BCUT2D eigenvalue weighted by atomic mass is 9.69. The van der Waals surface area contributed by atoms with Crippen LogP contribution in [0, 0.1) is 11.7 Å². The van der Waals surface area contributed by atoms with Crippen molar-refractivity contribution in [2.75, 3.05) is 0 Å². The van der Waals surface area contributed by atoms with Crippen LogP contribution < -0.4 is 5.73 Å². The van der Waals surface area contributed by atoms with Gasteiger partial charge in [-0.1, -0.05) is 42.1 Å². The van der Waals surface area contributed by atoms with Gasteiger partial charge in [-0.25, -0.2) is 4.39 Å². The van der Waals surface area contributed by atoms with Crippen LogP contribution in [0.4, 0.5) is 4.39 Å². The van der Waals surface area contributed by atoms with E-state index in [4.69, 9.17) is 5.73 Å². The van der Waals surface area contributed by atoms with Crippen LogP contribution in [-0.2, 0) is 6.42 Å². The Bertz CT molecular complexity index is 401. The third-order valence-corrected chi connectivity index (χ3v) is 4.66. The Labute approximate surface area is 117 Å². The second-order valence-corrected chi connectivity index (χ2v) is 6.45. The first-order chi connectivity index (χ1) is 8.53. The van der Waals surface area contributed by atoms with Gasteiger partial charge in [0.1, 0.15) is 5.82 Å². The summed E-state index contributed by atoms with van der Waals surface area (Å²) in [4.78, 5) is 0. The molecule has 0 saturated heterocycles. The van der Waals surface area contributed by atoms with Crippen molar-refractivity contribution in [2.24, 2.45) is 11.7 Å². The average Bonchev–Trinajstić information content (AvgIpc) is 2.27. The van der Waals surface area contributed by atoms with Gasteiger partial charge in [0, 0.05) is 10.0 Å². The summed E-state index contributed by atoms with van der Waals surface area (Å²) in [6, 6.07) is 5.09. The highest BCUT2D eigenvalue weighted by atomic mass is 79.9. The normalized spacial score (nSPS) is 28.3. The van der Waals surface area contributed by atoms with Crippen molar-refractivity contribution in [2.45, 2.75) is 51.0 Å². The summed E-state index contributed by atoms with van der Waals surface area (Å²) >= 11 is 3.35. The summed E-state index contributed by atoms with van der Waals surface area (Å²) in [7, 11) is 0. The second kappa shape index (κ2) is 5.70. The van der Waals surface area contributed by atoms with Crippen molar-refractivity contribution >= 4 is 15.9 Å². The zero-order valence-corrected chi connectivity index (χ0v) is 12.5. The van der Waals surface area contributed by atoms with Crippen molar-refractivity contribution in [3.8, 4) is 0 Å². The minimum atomic E-state index is -0.188. The Balaban J connectivity index is 2.19. The summed E-state index contributed by atoms with van der Waals surface area (Å²) in [5.74, 6) is 0.375. The Morgan fingerprint density at radius 2 is 2.17 bits per heavy atom. The zero-order chi connectivity index (χ0) is 13.2. The monoisotopic (exact) mass is 313 g/mol. The molecule has 2 rings (SSSR count). The fourth-order valence-corrected chi connectivity index (χ4v) is 3.79. The molecule has 0 aromatic heterocycles. The topological polar surface area (TPSA) is 26.0 Å². The summed E-state index contributed by atoms with van der Waals surface area (Å²) in [5.41, 5.74) is 7.46. The van der Waals surface area contributed by atoms with Crippen LogP contribution in [-0.4, -0.2) is 5.54 Å². The van der Waals surface area contributed by atoms with Crippen LogP contribution >= 0.6 is 15.9 Å². The van der Waals surface area contributed by atoms with Crippen LogP contribution in [0.5, 0.6) is 0 Å². The molecule has 2 atom stereocenters. The molecule has 0 aliphatic heterocycles. The van der Waals surface area contributed by atoms with Gasteiger partial charge in [0.05, 0.1) is 0 Å². The molecule has 1 saturated carbocycles. The van der Waals surface area contributed by atoms with Gasteiger partial charge in [-0.15, -0.1) is 0 Å². The predicted molar refractivity (Wildman–Crippen MR) is 77.0 cm³/mol. The Hall–Kier alpha value is -0.410. The van der Waals surface area contributed by atoms with Gasteiger partial charge in [0.25, 0.3) is 0 Å². The lowest BCUT2D eigenvalue weighted by Gasteiger charge is -2.41. The highest BCUT2D eigenvalue weighted by molar-refractivity contribution is 9.10. The van der Waals surface area contributed by atoms with Crippen LogP contribution in [0.2, 0.25) is 0 Å². The molecule has 0 bridgehead atoms. The van der Waals surface area contributed by atoms with Gasteiger partial charge in [-0.2, -0.15) is 0 Å². The SMILES string of the molecule is CCC1CCCCC1(N)Cc1cc(F)cc(Br)c1. The van der Waals surface area contributed by atoms with Crippen molar-refractivity contribution in [3.05, 3.63) is 34.1 Å². The quantitative estimate of drug-likeness (QED) is 0.877. The average molecular weight is 314 g/mol. The standard InChI is InChI=1S/C15H21BrFN/c1-2-12-5-3-4-6-15(12,18)10-11-7-13(16)9-14(17)8-11/h7-9,12H,2-6,10,18H2,1H3. The summed E-state index contributed by atoms with van der Waals surface area (Å²) in [5, 5.41) is 0. The summed E-state index contributed by atoms with van der Waals surface area (Å²) in [6.45, 7) is 2.21. The smallest absolute Gasteiger partial charge is 0.124 e. The molecule has 3 heteroatoms. The highest BCUT2D eigenvalue weighted by Crippen LogP contribution is 2.36. The highest BCUT2D eigenvalue weighted by Gasteiger charge is 2.36. The first-order valence-electron chi connectivity index (χ1n) is 6.77. The van der Waals surface area contributed by atoms with Gasteiger partial charge >= 0.3 is 0 Å². The molecule has 2 unspecified atom stereocenters. The summed E-state index contributed by atoms with van der Waals surface area (Å²) < 4.78 is 14.2. The summed E-state index contributed by atoms with van der Waals surface area (Å²) in [6.07, 6.45) is 6.64. The van der Waals surface area contributed by atoms with Crippen LogP contribution in [0.3, 0.4) is 0 Å². The molecular weight excluding hydrogens is 293 g/mol. The largest absolute Gasteiger partial charge is 0.325 e. The molecule has 1 fully saturated rings. The molecule has 1 aliphatic rings. The molecule has 1 aromatic carbocycles. The van der Waals surface area contributed by atoms with Gasteiger partial charge in [0.2, 0.25) is 0 Å². The minimum Gasteiger partial charge on any atom is -0.325 e. The fourth-order valence-electron chi connectivity index (χ4n) is 3.27. The predicted octanol–water partition coefficient (Wildman–Crippen LogP) is 4.43. The molecule has 0 amide bonds. The number of hydrogen-bond acceptors (Lipinski definition) is 1. The van der Waals surface area contributed by atoms with E-state index in [0.29, 0.717) is 5.92 Å². The number of hydrogen-bond donors (Lipinski definition) is 1. The van der Waals surface area contributed by atoms with E-state index in [2.05, 4.69) is 22.9 Å². The molecular formula is C15H21BrFN. The second-order valence-electron chi connectivity index (χ2n) is 5.54. The molecule has 1 aromatic rings. The third kappa shape index (κ3) is 3.12. The van der Waals surface area contributed by atoms with Crippen molar-refractivity contribution in [1.82, 2.24) is 0 Å². The maximum atomic E-state index is 13.4. The number of halogens is 2. The molecule has 100 valence electrons. The first kappa shape index (κ1) is 14.0. The lowest BCUT2D eigenvalue weighted by molar-refractivity contribution is 0.182. The van der Waals surface area contributed by atoms with Crippen molar-refractivity contribution < 1.29 is 4.39 Å². The Kier molecular flexibility index (Phi) is 4.44. The molecule has 1 nitrogen and oxygen atoms in total. The molecule has 0 heterocycles. The Morgan fingerprint density at radius 1 is 1.39 bits per heavy atom. The molecule has 0 radical (unpaired) electrons. The zero-order valence-electron chi connectivity index (χ0n) is 10.9. The van der Waals surface area contributed by atoms with Gasteiger partial charge in [-0.3, -0.25) is 0 Å². The lowest BCUT2D eigenvalue weighted by Crippen LogP contribution is -2.50. The van der Waals surface area contributed by atoms with Crippen molar-refractivity contribution in [3.63, 3.8) is 0 Å². The Morgan fingerprint density at radius 3 is 2.83 bits per heavy atom. The molecule has 1 aliphatic carbocycles. The fraction of sp³-hybridized carbons (Fsp3) is 0.600. The molecule has 18 heavy (non-hydrogen) atoms. The van der Waals surface area contributed by atoms with E-state index < -0.39 is 0 Å². The van der Waals surface area contributed by atoms with E-state index in [1.54, 1.807) is 6.07 Å². The van der Waals surface area contributed by atoms with Crippen LogP contribution in [0.15, 0.2) is 22.7 Å². The maximum Gasteiger partial charge on any atom is 0.124 e. The van der Waals surface area contributed by atoms with Gasteiger partial charge in [-0.05, 0) is 48.9 Å². The van der Waals surface area contributed by atoms with E-state index in [1.807, 2.05) is 6.07 Å². The number of rotatable bonds is 3. The van der Waals surface area contributed by atoms with E-state index in [-0.39, 0.29) is 11.4 Å². The van der Waals surface area contributed by atoms with Gasteiger partial charge < -0.3 is 5.73 Å². The molecule has 0 spiro atoms.